The van der Waals surface area contributed by atoms with Crippen molar-refractivity contribution in [2.45, 2.75) is 99.4 Å². The number of hydrogen-bond donors (Lipinski definition) is 2. The molecule has 2 aromatic carbocycles. The number of carbonyl (C=O) groups is 3. The van der Waals surface area contributed by atoms with E-state index >= 15 is 0 Å². The number of nitrogens with zero attached hydrogens (tertiary/aromatic N) is 1. The highest BCUT2D eigenvalue weighted by Gasteiger charge is 2.40. The van der Waals surface area contributed by atoms with Gasteiger partial charge in [0.1, 0.15) is 17.7 Å². The normalized spacial score (nSPS) is 13.8. The van der Waals surface area contributed by atoms with Crippen LogP contribution < -0.4 is 10.6 Å². The maximum atomic E-state index is 14.3. The standard InChI is InChI=1S/C31H44ClN3O4/c1-11-20(5)26(34-30(38)39-31(8,9)10)29(37)35(18(2)3)27(23-17-19(4)15-16-21(23)6)28(36)33-25-22(7)13-12-14-24(25)32/h12-18,20,26-27H,11H2,1-10H3,(H,33,36)(H,34,38). The summed E-state index contributed by atoms with van der Waals surface area (Å²) in [6.07, 6.45) is -0.0404. The fourth-order valence-corrected chi connectivity index (χ4v) is 4.68. The molecule has 39 heavy (non-hydrogen) atoms. The number of ether oxygens (including phenoxy) is 1. The second-order valence-electron chi connectivity index (χ2n) is 11.5. The molecule has 3 atom stereocenters. The molecule has 3 amide bonds. The van der Waals surface area contributed by atoms with Gasteiger partial charge in [0.25, 0.3) is 5.91 Å². The van der Waals surface area contributed by atoms with E-state index in [2.05, 4.69) is 10.6 Å². The van der Waals surface area contributed by atoms with E-state index in [0.29, 0.717) is 22.7 Å². The fourth-order valence-electron chi connectivity index (χ4n) is 4.41. The molecule has 0 heterocycles. The topological polar surface area (TPSA) is 87.7 Å². The molecular weight excluding hydrogens is 514 g/mol. The smallest absolute Gasteiger partial charge is 0.408 e. The number of carbonyl (C=O) groups excluding carboxylic acids is 3. The summed E-state index contributed by atoms with van der Waals surface area (Å²) >= 11 is 6.45. The first-order valence-corrected chi connectivity index (χ1v) is 13.9. The molecule has 0 saturated carbocycles. The van der Waals surface area contributed by atoms with Gasteiger partial charge in [0.2, 0.25) is 5.91 Å². The van der Waals surface area contributed by atoms with E-state index in [4.69, 9.17) is 16.3 Å². The number of benzene rings is 2. The molecule has 0 aliphatic rings. The first-order chi connectivity index (χ1) is 18.1. The van der Waals surface area contributed by atoms with Crippen LogP contribution in [0.3, 0.4) is 0 Å². The molecule has 2 N–H and O–H groups in total. The van der Waals surface area contributed by atoms with E-state index in [0.717, 1.165) is 16.7 Å². The van der Waals surface area contributed by atoms with Gasteiger partial charge >= 0.3 is 6.09 Å². The second-order valence-corrected chi connectivity index (χ2v) is 11.9. The summed E-state index contributed by atoms with van der Waals surface area (Å²) in [7, 11) is 0. The van der Waals surface area contributed by atoms with Gasteiger partial charge in [-0.15, -0.1) is 0 Å². The van der Waals surface area contributed by atoms with Crippen molar-refractivity contribution < 1.29 is 19.1 Å². The van der Waals surface area contributed by atoms with Crippen LogP contribution in [0, 0.1) is 26.7 Å². The molecule has 0 aliphatic carbocycles. The van der Waals surface area contributed by atoms with Crippen LogP contribution in [0.4, 0.5) is 10.5 Å². The van der Waals surface area contributed by atoms with Crippen LogP contribution in [0.25, 0.3) is 0 Å². The Labute approximate surface area is 238 Å². The largest absolute Gasteiger partial charge is 0.444 e. The quantitative estimate of drug-likeness (QED) is 0.343. The predicted molar refractivity (Wildman–Crippen MR) is 158 cm³/mol. The Hall–Kier alpha value is -3.06. The van der Waals surface area contributed by atoms with Crippen LogP contribution in [0.1, 0.15) is 83.2 Å². The average molecular weight is 558 g/mol. The maximum absolute atomic E-state index is 14.3. The van der Waals surface area contributed by atoms with E-state index in [-0.39, 0.29) is 23.8 Å². The van der Waals surface area contributed by atoms with E-state index in [1.807, 2.05) is 78.8 Å². The minimum Gasteiger partial charge on any atom is -0.444 e. The number of anilines is 1. The highest BCUT2D eigenvalue weighted by atomic mass is 35.5. The molecule has 0 spiro atoms. The van der Waals surface area contributed by atoms with Gasteiger partial charge in [-0.2, -0.15) is 0 Å². The van der Waals surface area contributed by atoms with Gasteiger partial charge in [-0.1, -0.05) is 67.8 Å². The number of aryl methyl sites for hydroxylation is 3. The SMILES string of the molecule is CCC(C)C(NC(=O)OC(C)(C)C)C(=O)N(C(C)C)C(C(=O)Nc1c(C)cccc1Cl)c1cc(C)ccc1C. The molecule has 2 rings (SSSR count). The first kappa shape index (κ1) is 32.2. The highest BCUT2D eigenvalue weighted by molar-refractivity contribution is 6.34. The van der Waals surface area contributed by atoms with Crippen molar-refractivity contribution in [3.05, 3.63) is 63.7 Å². The minimum atomic E-state index is -0.972. The Morgan fingerprint density at radius 1 is 1.00 bits per heavy atom. The lowest BCUT2D eigenvalue weighted by atomic mass is 9.92. The lowest BCUT2D eigenvalue weighted by molar-refractivity contribution is -0.144. The Morgan fingerprint density at radius 3 is 2.18 bits per heavy atom. The molecule has 214 valence electrons. The summed E-state index contributed by atoms with van der Waals surface area (Å²) in [5, 5.41) is 6.20. The third-order valence-electron chi connectivity index (χ3n) is 6.69. The maximum Gasteiger partial charge on any atom is 0.408 e. The third kappa shape index (κ3) is 8.46. The zero-order valence-electron chi connectivity index (χ0n) is 24.9. The molecule has 3 unspecified atom stereocenters. The zero-order valence-corrected chi connectivity index (χ0v) is 25.7. The number of para-hydroxylation sites is 1. The second kappa shape index (κ2) is 13.3. The van der Waals surface area contributed by atoms with Gasteiger partial charge in [0.05, 0.1) is 10.7 Å². The molecule has 0 bridgehead atoms. The van der Waals surface area contributed by atoms with Crippen LogP contribution in [0.5, 0.6) is 0 Å². The molecule has 0 saturated heterocycles. The molecule has 7 nitrogen and oxygen atoms in total. The van der Waals surface area contributed by atoms with E-state index in [1.165, 1.54) is 0 Å². The molecule has 0 aromatic heterocycles. The van der Waals surface area contributed by atoms with Gasteiger partial charge < -0.3 is 20.3 Å². The van der Waals surface area contributed by atoms with Crippen LogP contribution in [-0.4, -0.2) is 40.5 Å². The highest BCUT2D eigenvalue weighted by Crippen LogP contribution is 2.32. The number of hydrogen-bond acceptors (Lipinski definition) is 4. The van der Waals surface area contributed by atoms with E-state index < -0.39 is 23.8 Å². The predicted octanol–water partition coefficient (Wildman–Crippen LogP) is 7.12. The van der Waals surface area contributed by atoms with E-state index in [9.17, 15) is 14.4 Å². The van der Waals surface area contributed by atoms with Gasteiger partial charge in [-0.3, -0.25) is 9.59 Å². The van der Waals surface area contributed by atoms with Crippen LogP contribution >= 0.6 is 11.6 Å². The summed E-state index contributed by atoms with van der Waals surface area (Å²) in [5.74, 6) is -0.955. The summed E-state index contributed by atoms with van der Waals surface area (Å²) < 4.78 is 5.47. The first-order valence-electron chi connectivity index (χ1n) is 13.5. The Balaban J connectivity index is 2.65. The summed E-state index contributed by atoms with van der Waals surface area (Å²) in [6.45, 7) is 18.6. The average Bonchev–Trinajstić information content (AvgIpc) is 2.82. The monoisotopic (exact) mass is 557 g/mol. The Kier molecular flexibility index (Phi) is 11.0. The molecule has 8 heteroatoms. The van der Waals surface area contributed by atoms with Gasteiger partial charge in [0.15, 0.2) is 0 Å². The number of alkyl carbamates (subject to hydrolysis) is 1. The zero-order chi connectivity index (χ0) is 29.7. The molecule has 0 fully saturated rings. The van der Waals surface area contributed by atoms with Crippen LogP contribution in [-0.2, 0) is 14.3 Å². The Morgan fingerprint density at radius 2 is 1.64 bits per heavy atom. The number of nitrogens with one attached hydrogen (secondary N) is 2. The number of halogens is 1. The van der Waals surface area contributed by atoms with Gasteiger partial charge in [0, 0.05) is 6.04 Å². The van der Waals surface area contributed by atoms with Crippen molar-refractivity contribution in [1.82, 2.24) is 10.2 Å². The third-order valence-corrected chi connectivity index (χ3v) is 7.00. The van der Waals surface area contributed by atoms with Crippen molar-refractivity contribution in [2.24, 2.45) is 5.92 Å². The lowest BCUT2D eigenvalue weighted by Crippen LogP contribution is -2.56. The van der Waals surface area contributed by atoms with Gasteiger partial charge in [-0.25, -0.2) is 4.79 Å². The minimum absolute atomic E-state index is 0.209. The fraction of sp³-hybridized carbons (Fsp3) is 0.516. The Bertz CT molecular complexity index is 1170. The number of rotatable bonds is 9. The van der Waals surface area contributed by atoms with Crippen molar-refractivity contribution in [2.75, 3.05) is 5.32 Å². The molecule has 0 radical (unpaired) electrons. The van der Waals surface area contributed by atoms with Crippen LogP contribution in [0.2, 0.25) is 5.02 Å². The number of amides is 3. The van der Waals surface area contributed by atoms with E-state index in [1.54, 1.807) is 31.7 Å². The summed E-state index contributed by atoms with van der Waals surface area (Å²) in [4.78, 5) is 42.8. The van der Waals surface area contributed by atoms with Crippen LogP contribution in [0.15, 0.2) is 36.4 Å². The van der Waals surface area contributed by atoms with Crippen molar-refractivity contribution in [1.29, 1.82) is 0 Å². The molecule has 0 aliphatic heterocycles. The molecular formula is C31H44ClN3O4. The van der Waals surface area contributed by atoms with Crippen molar-refractivity contribution >= 4 is 35.2 Å². The summed E-state index contributed by atoms with van der Waals surface area (Å²) in [5.41, 5.74) is 3.13. The lowest BCUT2D eigenvalue weighted by Gasteiger charge is -2.39. The van der Waals surface area contributed by atoms with Crippen molar-refractivity contribution in [3.63, 3.8) is 0 Å². The van der Waals surface area contributed by atoms with Crippen molar-refractivity contribution in [3.8, 4) is 0 Å². The summed E-state index contributed by atoms with van der Waals surface area (Å²) in [6, 6.07) is 9.01. The molecule has 2 aromatic rings. The van der Waals surface area contributed by atoms with Gasteiger partial charge in [-0.05, 0) is 84.1 Å².